The predicted octanol–water partition coefficient (Wildman–Crippen LogP) is 0.471. The molecule has 0 unspecified atom stereocenters. The van der Waals surface area contributed by atoms with Crippen LogP contribution in [0.4, 0.5) is 18.3 Å². The molecule has 16 nitrogen and oxygen atoms in total. The molecule has 5 rings (SSSR count). The number of carbonyl (C=O) groups is 6. The molecular weight excluding hydrogens is 665 g/mol. The zero-order valence-electron chi connectivity index (χ0n) is 23.4. The predicted molar refractivity (Wildman–Crippen MR) is 152 cm³/mol. The zero-order valence-corrected chi connectivity index (χ0v) is 25.0. The minimum absolute atomic E-state index is 0.0253. The third kappa shape index (κ3) is 7.94. The topological polar surface area (TPSA) is 242 Å². The van der Waals surface area contributed by atoms with Crippen LogP contribution in [0.25, 0.3) is 0 Å². The maximum Gasteiger partial charge on any atom is 0.490 e. The Morgan fingerprint density at radius 1 is 1.20 bits per heavy atom. The molecule has 3 aliphatic heterocycles. The number of β-lactam (4-membered cyclic amide) rings is 1. The van der Waals surface area contributed by atoms with E-state index in [0.29, 0.717) is 36.6 Å². The van der Waals surface area contributed by atoms with Crippen LogP contribution in [-0.2, 0) is 33.6 Å². The summed E-state index contributed by atoms with van der Waals surface area (Å²) < 4.78 is 31.7. The molecule has 1 aliphatic carbocycles. The van der Waals surface area contributed by atoms with Crippen molar-refractivity contribution in [1.29, 1.82) is 0 Å². The van der Waals surface area contributed by atoms with E-state index < -0.39 is 53.9 Å². The minimum Gasteiger partial charge on any atom is -0.479 e. The summed E-state index contributed by atoms with van der Waals surface area (Å²) in [5, 5.41) is 32.8. The second-order valence-electron chi connectivity index (χ2n) is 10.1. The Labute approximate surface area is 264 Å². The summed E-state index contributed by atoms with van der Waals surface area (Å²) in [6.07, 6.45) is -0.761. The Morgan fingerprint density at radius 3 is 2.41 bits per heavy atom. The fraction of sp³-hybridized carbons (Fsp3) is 0.440. The number of fused-ring (bicyclic) bond motifs is 1. The lowest BCUT2D eigenvalue weighted by Crippen LogP contribution is -2.71. The van der Waals surface area contributed by atoms with Gasteiger partial charge in [-0.15, -0.1) is 23.1 Å². The summed E-state index contributed by atoms with van der Waals surface area (Å²) in [7, 11) is 0. The van der Waals surface area contributed by atoms with Crippen molar-refractivity contribution in [3.8, 4) is 0 Å². The van der Waals surface area contributed by atoms with Crippen LogP contribution in [0.1, 0.15) is 25.0 Å². The summed E-state index contributed by atoms with van der Waals surface area (Å²) >= 11 is 2.27. The number of carbonyl (C=O) groups excluding carboxylic acids is 3. The lowest BCUT2D eigenvalue weighted by molar-refractivity contribution is -0.192. The minimum atomic E-state index is -5.08. The van der Waals surface area contributed by atoms with Gasteiger partial charge in [0.1, 0.15) is 22.8 Å². The summed E-state index contributed by atoms with van der Waals surface area (Å²) in [6.45, 7) is 0.495. The molecule has 46 heavy (non-hydrogen) atoms. The SMILES string of the molecule is Nc1nc(C(=NOCC(=O)O)C(=O)N[C@@H]2C(=O)N3C(C(=O)O)=C(C=C4CCN(CC5CC5)C4=O)CS[C@H]23)cs1.O=C(O)C(F)(F)F. The molecule has 1 aromatic rings. The number of rotatable bonds is 10. The first-order chi connectivity index (χ1) is 21.6. The average molecular weight is 691 g/mol. The van der Waals surface area contributed by atoms with E-state index in [1.165, 1.54) is 17.1 Å². The molecule has 0 radical (unpaired) electrons. The van der Waals surface area contributed by atoms with Crippen LogP contribution in [0.5, 0.6) is 0 Å². The molecule has 6 N–H and O–H groups in total. The normalized spacial score (nSPS) is 22.2. The van der Waals surface area contributed by atoms with Crippen molar-refractivity contribution in [2.24, 2.45) is 11.1 Å². The third-order valence-corrected chi connectivity index (χ3v) is 8.77. The summed E-state index contributed by atoms with van der Waals surface area (Å²) in [5.41, 5.74) is 5.93. The number of hydrogen-bond donors (Lipinski definition) is 5. The van der Waals surface area contributed by atoms with E-state index in [9.17, 15) is 42.3 Å². The fourth-order valence-electron chi connectivity index (χ4n) is 4.51. The van der Waals surface area contributed by atoms with Gasteiger partial charge < -0.3 is 36.1 Å². The Balaban J connectivity index is 0.000000617. The van der Waals surface area contributed by atoms with Gasteiger partial charge in [-0.25, -0.2) is 19.4 Å². The number of oxime groups is 1. The Bertz CT molecular complexity index is 1550. The molecule has 0 aromatic carbocycles. The summed E-state index contributed by atoms with van der Waals surface area (Å²) in [6, 6.07) is -1.08. The van der Waals surface area contributed by atoms with Gasteiger partial charge in [-0.3, -0.25) is 19.3 Å². The molecule has 21 heteroatoms. The number of nitrogens with one attached hydrogen (secondary N) is 1. The zero-order chi connectivity index (χ0) is 33.9. The van der Waals surface area contributed by atoms with Crippen molar-refractivity contribution in [1.82, 2.24) is 20.1 Å². The van der Waals surface area contributed by atoms with E-state index in [-0.39, 0.29) is 33.9 Å². The maximum atomic E-state index is 13.1. The van der Waals surface area contributed by atoms with Gasteiger partial charge in [0.15, 0.2) is 10.8 Å². The van der Waals surface area contributed by atoms with Crippen LogP contribution in [0.2, 0.25) is 0 Å². The van der Waals surface area contributed by atoms with Crippen molar-refractivity contribution >= 4 is 69.6 Å². The number of allylic oxidation sites excluding steroid dienone is 1. The van der Waals surface area contributed by atoms with Crippen molar-refractivity contribution in [3.05, 3.63) is 34.0 Å². The first-order valence-corrected chi connectivity index (χ1v) is 15.2. The van der Waals surface area contributed by atoms with Crippen molar-refractivity contribution in [2.45, 2.75) is 36.9 Å². The third-order valence-electron chi connectivity index (χ3n) is 6.79. The number of amides is 3. The van der Waals surface area contributed by atoms with Crippen molar-refractivity contribution in [3.63, 3.8) is 0 Å². The van der Waals surface area contributed by atoms with Gasteiger partial charge in [-0.1, -0.05) is 5.16 Å². The van der Waals surface area contributed by atoms with Gasteiger partial charge in [0.05, 0.1) is 0 Å². The van der Waals surface area contributed by atoms with E-state index in [2.05, 4.69) is 15.5 Å². The number of aliphatic carboxylic acids is 3. The number of likely N-dealkylation sites (tertiary alicyclic amines) is 1. The van der Waals surface area contributed by atoms with Crippen LogP contribution in [0, 0.1) is 5.92 Å². The summed E-state index contributed by atoms with van der Waals surface area (Å²) in [4.78, 5) is 82.3. The van der Waals surface area contributed by atoms with Crippen LogP contribution in [0.3, 0.4) is 0 Å². The summed E-state index contributed by atoms with van der Waals surface area (Å²) in [5.74, 6) is -6.25. The number of carboxylic acids is 3. The van der Waals surface area contributed by atoms with Crippen LogP contribution in [0.15, 0.2) is 33.5 Å². The molecule has 0 spiro atoms. The number of carboxylic acid groups (broad SMARTS) is 3. The number of alkyl halides is 3. The first-order valence-electron chi connectivity index (χ1n) is 13.2. The molecule has 3 fully saturated rings. The van der Waals surface area contributed by atoms with E-state index in [1.54, 1.807) is 11.0 Å². The first kappa shape index (κ1) is 34.2. The fourth-order valence-corrected chi connectivity index (χ4v) is 6.37. The van der Waals surface area contributed by atoms with E-state index in [1.807, 2.05) is 0 Å². The Hall–Kier alpha value is -4.66. The van der Waals surface area contributed by atoms with Gasteiger partial charge in [-0.2, -0.15) is 13.2 Å². The molecular formula is C25H25F3N6O10S2. The number of anilines is 1. The van der Waals surface area contributed by atoms with Crippen molar-refractivity contribution < 1.29 is 62.1 Å². The second-order valence-corrected chi connectivity index (χ2v) is 12.1. The molecule has 248 valence electrons. The lowest BCUT2D eigenvalue weighted by atomic mass is 10.0. The molecule has 1 aromatic heterocycles. The highest BCUT2D eigenvalue weighted by Crippen LogP contribution is 2.41. The standard InChI is InChI=1S/C23H24N6O8S2.C2HF3O2/c24-23-25-13(9-39-23)15(27-37-7-14(30)31)18(32)26-16-20(34)29-17(22(35)36)12(8-38-21(16)29)5-11-3-4-28(19(11)33)6-10-1-2-10;3-2(4,5)1(6)7/h5,9-10,16,21H,1-4,6-8H2,(H2,24,25)(H,26,32)(H,30,31)(H,35,36);(H,6,7)/t16-,21-;/m1./s1. The molecule has 1 saturated carbocycles. The molecule has 2 saturated heterocycles. The largest absolute Gasteiger partial charge is 0.490 e. The molecule has 4 aliphatic rings. The quantitative estimate of drug-likeness (QED) is 0.0972. The lowest BCUT2D eigenvalue weighted by Gasteiger charge is -2.49. The number of nitrogens with two attached hydrogens (primary N) is 1. The number of nitrogen functional groups attached to an aromatic ring is 1. The highest BCUT2D eigenvalue weighted by Gasteiger charge is 2.54. The number of hydrogen-bond acceptors (Lipinski definition) is 12. The second kappa shape index (κ2) is 13.8. The smallest absolute Gasteiger partial charge is 0.479 e. The number of aromatic nitrogens is 1. The highest BCUT2D eigenvalue weighted by atomic mass is 32.2. The van der Waals surface area contributed by atoms with Gasteiger partial charge in [0.25, 0.3) is 11.8 Å². The van der Waals surface area contributed by atoms with Gasteiger partial charge in [0, 0.05) is 29.8 Å². The van der Waals surface area contributed by atoms with Crippen LogP contribution in [-0.4, -0.2) is 114 Å². The van der Waals surface area contributed by atoms with Crippen LogP contribution >= 0.6 is 23.1 Å². The van der Waals surface area contributed by atoms with Crippen LogP contribution < -0.4 is 11.1 Å². The Kier molecular flexibility index (Phi) is 10.2. The number of thioether (sulfide) groups is 1. The molecule has 4 heterocycles. The number of thiazole rings is 1. The van der Waals surface area contributed by atoms with Crippen molar-refractivity contribution in [2.75, 3.05) is 31.2 Å². The van der Waals surface area contributed by atoms with E-state index in [4.69, 9.17) is 25.6 Å². The Morgan fingerprint density at radius 2 is 1.87 bits per heavy atom. The highest BCUT2D eigenvalue weighted by molar-refractivity contribution is 8.00. The van der Waals surface area contributed by atoms with Gasteiger partial charge in [0.2, 0.25) is 12.5 Å². The monoisotopic (exact) mass is 690 g/mol. The van der Waals surface area contributed by atoms with E-state index in [0.717, 1.165) is 29.1 Å². The van der Waals surface area contributed by atoms with Gasteiger partial charge >= 0.3 is 24.1 Å². The maximum absolute atomic E-state index is 13.1. The molecule has 0 bridgehead atoms. The van der Waals surface area contributed by atoms with Gasteiger partial charge in [-0.05, 0) is 36.8 Å². The number of nitrogens with zero attached hydrogens (tertiary/aromatic N) is 4. The average Bonchev–Trinajstić information content (AvgIpc) is 3.60. The molecule has 2 atom stereocenters. The van der Waals surface area contributed by atoms with E-state index >= 15 is 0 Å². The number of halogens is 3. The molecule has 3 amide bonds.